The van der Waals surface area contributed by atoms with Gasteiger partial charge in [-0.1, -0.05) is 15.9 Å². The van der Waals surface area contributed by atoms with Crippen molar-refractivity contribution in [1.29, 1.82) is 0 Å². The summed E-state index contributed by atoms with van der Waals surface area (Å²) in [6.45, 7) is 3.44. The van der Waals surface area contributed by atoms with Gasteiger partial charge in [-0.2, -0.15) is 0 Å². The van der Waals surface area contributed by atoms with E-state index in [1.165, 1.54) is 5.56 Å². The lowest BCUT2D eigenvalue weighted by Gasteiger charge is -2.12. The zero-order valence-corrected chi connectivity index (χ0v) is 12.8. The number of hydrogen-bond acceptors (Lipinski definition) is 4. The highest BCUT2D eigenvalue weighted by Crippen LogP contribution is 2.33. The second-order valence-electron chi connectivity index (χ2n) is 4.94. The number of rotatable bonds is 3. The molecular weight excluding hydrogens is 318 g/mol. The summed E-state index contributed by atoms with van der Waals surface area (Å²) in [6.07, 6.45) is 2.64. The minimum absolute atomic E-state index is 0.680. The van der Waals surface area contributed by atoms with Crippen molar-refractivity contribution >= 4 is 27.4 Å². The number of hydrogen-bond donors (Lipinski definition) is 2. The Morgan fingerprint density at radius 3 is 3.05 bits per heavy atom. The highest BCUT2D eigenvalue weighted by Gasteiger charge is 2.17. The van der Waals surface area contributed by atoms with Gasteiger partial charge in [-0.05, 0) is 36.2 Å². The summed E-state index contributed by atoms with van der Waals surface area (Å²) in [5, 5.41) is 3.35. The maximum absolute atomic E-state index is 5.72. The number of fused-ring (bicyclic) bond motifs is 1. The van der Waals surface area contributed by atoms with Crippen molar-refractivity contribution in [1.82, 2.24) is 4.98 Å². The van der Waals surface area contributed by atoms with E-state index in [1.54, 1.807) is 6.20 Å². The number of benzene rings is 1. The molecule has 0 bridgehead atoms. The lowest BCUT2D eigenvalue weighted by molar-refractivity contribution is 0.354. The number of nitrogens with zero attached hydrogens (tertiary/aromatic N) is 1. The van der Waals surface area contributed by atoms with E-state index in [9.17, 15) is 0 Å². The number of aromatic nitrogens is 1. The smallest absolute Gasteiger partial charge is 0.129 e. The molecule has 1 aliphatic heterocycles. The number of nitrogen functional groups attached to an aromatic ring is 1. The van der Waals surface area contributed by atoms with Crippen LogP contribution in [0.25, 0.3) is 0 Å². The normalized spacial score (nSPS) is 12.9. The van der Waals surface area contributed by atoms with Gasteiger partial charge in [0.2, 0.25) is 0 Å². The van der Waals surface area contributed by atoms with Gasteiger partial charge < -0.3 is 15.8 Å². The maximum Gasteiger partial charge on any atom is 0.129 e. The third-order valence-corrected chi connectivity index (χ3v) is 3.83. The Morgan fingerprint density at radius 2 is 2.25 bits per heavy atom. The number of nitrogens with two attached hydrogens (primary N) is 1. The molecule has 1 aromatic carbocycles. The molecule has 104 valence electrons. The Labute approximate surface area is 126 Å². The summed E-state index contributed by atoms with van der Waals surface area (Å²) in [5.41, 5.74) is 9.84. The van der Waals surface area contributed by atoms with Crippen LogP contribution in [0.1, 0.15) is 16.7 Å². The maximum atomic E-state index is 5.72. The van der Waals surface area contributed by atoms with Crippen LogP contribution >= 0.6 is 15.9 Å². The lowest BCUT2D eigenvalue weighted by atomic mass is 10.1. The molecule has 0 aliphatic carbocycles. The Kier molecular flexibility index (Phi) is 3.53. The molecule has 2 aromatic rings. The topological polar surface area (TPSA) is 60.2 Å². The Bertz CT molecular complexity index is 658. The van der Waals surface area contributed by atoms with Crippen molar-refractivity contribution in [2.45, 2.75) is 19.9 Å². The van der Waals surface area contributed by atoms with E-state index in [1.807, 2.05) is 13.0 Å². The molecule has 0 saturated heterocycles. The van der Waals surface area contributed by atoms with Crippen molar-refractivity contribution < 1.29 is 4.74 Å². The van der Waals surface area contributed by atoms with Crippen molar-refractivity contribution in [2.24, 2.45) is 0 Å². The lowest BCUT2D eigenvalue weighted by Crippen LogP contribution is -2.05. The van der Waals surface area contributed by atoms with Crippen molar-refractivity contribution in [3.63, 3.8) is 0 Å². The van der Waals surface area contributed by atoms with Crippen LogP contribution in [0.2, 0.25) is 0 Å². The molecule has 0 unspecified atom stereocenters. The van der Waals surface area contributed by atoms with Crippen molar-refractivity contribution in [3.05, 3.63) is 45.6 Å². The number of nitrogens with one attached hydrogen (secondary N) is 1. The fraction of sp³-hybridized carbons (Fsp3) is 0.267. The van der Waals surface area contributed by atoms with Crippen LogP contribution in [0.15, 0.2) is 28.9 Å². The quantitative estimate of drug-likeness (QED) is 0.904. The zero-order valence-electron chi connectivity index (χ0n) is 11.2. The van der Waals surface area contributed by atoms with E-state index in [2.05, 4.69) is 38.4 Å². The predicted molar refractivity (Wildman–Crippen MR) is 84.1 cm³/mol. The van der Waals surface area contributed by atoms with Crippen LogP contribution in [0, 0.1) is 6.92 Å². The minimum Gasteiger partial charge on any atom is -0.493 e. The second kappa shape index (κ2) is 5.32. The Morgan fingerprint density at radius 1 is 1.40 bits per heavy atom. The highest BCUT2D eigenvalue weighted by molar-refractivity contribution is 9.10. The molecule has 1 aromatic heterocycles. The third kappa shape index (κ3) is 2.58. The minimum atomic E-state index is 0.680. The molecule has 5 heteroatoms. The van der Waals surface area contributed by atoms with Crippen molar-refractivity contribution in [2.75, 3.05) is 17.7 Å². The first-order valence-electron chi connectivity index (χ1n) is 6.53. The molecule has 0 amide bonds. The summed E-state index contributed by atoms with van der Waals surface area (Å²) in [5.74, 6) is 1.86. The first kappa shape index (κ1) is 13.2. The van der Waals surface area contributed by atoms with E-state index in [0.29, 0.717) is 12.2 Å². The molecule has 0 saturated carbocycles. The van der Waals surface area contributed by atoms with E-state index >= 15 is 0 Å². The number of halogens is 1. The number of ether oxygens (including phenoxy) is 1. The van der Waals surface area contributed by atoms with Crippen LogP contribution < -0.4 is 15.8 Å². The summed E-state index contributed by atoms with van der Waals surface area (Å²) in [6, 6.07) is 6.12. The summed E-state index contributed by atoms with van der Waals surface area (Å²) < 4.78 is 6.80. The first-order valence-corrected chi connectivity index (χ1v) is 7.33. The molecule has 0 radical (unpaired) electrons. The van der Waals surface area contributed by atoms with Crippen LogP contribution in [0.5, 0.6) is 5.75 Å². The average molecular weight is 334 g/mol. The van der Waals surface area contributed by atoms with Gasteiger partial charge in [0.05, 0.1) is 18.5 Å². The molecule has 2 heterocycles. The molecule has 4 nitrogen and oxygen atoms in total. The molecule has 1 aliphatic rings. The molecule has 0 fully saturated rings. The highest BCUT2D eigenvalue weighted by atomic mass is 79.9. The van der Waals surface area contributed by atoms with Gasteiger partial charge in [0.15, 0.2) is 0 Å². The standard InChI is InChI=1S/C15H16BrN3O/c1-9-4-13(17)8-19-15(9)18-7-11-6-12(16)5-10-2-3-20-14(10)11/h4-6,8H,2-3,7,17H2,1H3,(H,18,19). The number of aryl methyl sites for hydroxylation is 1. The Hall–Kier alpha value is -1.75. The van der Waals surface area contributed by atoms with Gasteiger partial charge in [-0.25, -0.2) is 4.98 Å². The monoisotopic (exact) mass is 333 g/mol. The molecular formula is C15H16BrN3O. The molecule has 0 atom stereocenters. The van der Waals surface area contributed by atoms with Crippen LogP contribution in [-0.4, -0.2) is 11.6 Å². The van der Waals surface area contributed by atoms with Gasteiger partial charge in [0, 0.05) is 23.0 Å². The van der Waals surface area contributed by atoms with E-state index < -0.39 is 0 Å². The van der Waals surface area contributed by atoms with Gasteiger partial charge >= 0.3 is 0 Å². The van der Waals surface area contributed by atoms with Crippen LogP contribution in [0.3, 0.4) is 0 Å². The fourth-order valence-corrected chi connectivity index (χ4v) is 2.99. The average Bonchev–Trinajstić information content (AvgIpc) is 2.85. The van der Waals surface area contributed by atoms with Crippen LogP contribution in [0.4, 0.5) is 11.5 Å². The van der Waals surface area contributed by atoms with Gasteiger partial charge in [0.25, 0.3) is 0 Å². The molecule has 3 rings (SSSR count). The molecule has 0 spiro atoms. The van der Waals surface area contributed by atoms with Gasteiger partial charge in [-0.3, -0.25) is 0 Å². The fourth-order valence-electron chi connectivity index (χ4n) is 2.44. The summed E-state index contributed by atoms with van der Waals surface area (Å²) in [4.78, 5) is 4.32. The third-order valence-electron chi connectivity index (χ3n) is 3.37. The van der Waals surface area contributed by atoms with Gasteiger partial charge in [-0.15, -0.1) is 0 Å². The van der Waals surface area contributed by atoms with E-state index in [0.717, 1.165) is 40.2 Å². The van der Waals surface area contributed by atoms with Crippen LogP contribution in [-0.2, 0) is 13.0 Å². The zero-order chi connectivity index (χ0) is 14.1. The predicted octanol–water partition coefficient (Wildman–Crippen LogP) is 3.28. The SMILES string of the molecule is Cc1cc(N)cnc1NCc1cc(Br)cc2c1OCC2. The van der Waals surface area contributed by atoms with E-state index in [-0.39, 0.29) is 0 Å². The van der Waals surface area contributed by atoms with Crippen molar-refractivity contribution in [3.8, 4) is 5.75 Å². The molecule has 20 heavy (non-hydrogen) atoms. The summed E-state index contributed by atoms with van der Waals surface area (Å²) in [7, 11) is 0. The Balaban J connectivity index is 1.82. The van der Waals surface area contributed by atoms with E-state index in [4.69, 9.17) is 10.5 Å². The number of pyridine rings is 1. The molecule has 3 N–H and O–H groups in total. The number of anilines is 2. The largest absolute Gasteiger partial charge is 0.493 e. The second-order valence-corrected chi connectivity index (χ2v) is 5.86. The first-order chi connectivity index (χ1) is 9.63. The van der Waals surface area contributed by atoms with Gasteiger partial charge in [0.1, 0.15) is 11.6 Å². The summed E-state index contributed by atoms with van der Waals surface area (Å²) >= 11 is 3.55.